The lowest BCUT2D eigenvalue weighted by molar-refractivity contribution is -0.144. The number of thiophene rings is 1. The Kier molecular flexibility index (Phi) is 10.9. The molecule has 0 aliphatic carbocycles. The van der Waals surface area contributed by atoms with E-state index in [1.54, 1.807) is 16.2 Å². The highest BCUT2D eigenvalue weighted by Crippen LogP contribution is 2.19. The fourth-order valence-electron chi connectivity index (χ4n) is 4.36. The Labute approximate surface area is 229 Å². The molecule has 1 aromatic heterocycles. The summed E-state index contributed by atoms with van der Waals surface area (Å²) in [5.41, 5.74) is 2.07. The van der Waals surface area contributed by atoms with Crippen molar-refractivity contribution in [1.82, 2.24) is 14.7 Å². The highest BCUT2D eigenvalue weighted by atomic mass is 32.1. The summed E-state index contributed by atoms with van der Waals surface area (Å²) >= 11 is 1.69. The highest BCUT2D eigenvalue weighted by Gasteiger charge is 2.23. The van der Waals surface area contributed by atoms with Gasteiger partial charge in [-0.2, -0.15) is 0 Å². The van der Waals surface area contributed by atoms with Gasteiger partial charge in [-0.1, -0.05) is 60.7 Å². The zero-order valence-electron chi connectivity index (χ0n) is 22.1. The van der Waals surface area contributed by atoms with Crippen molar-refractivity contribution in [3.63, 3.8) is 0 Å². The predicted molar refractivity (Wildman–Crippen MR) is 150 cm³/mol. The van der Waals surface area contributed by atoms with Crippen molar-refractivity contribution in [2.45, 2.75) is 26.6 Å². The van der Waals surface area contributed by atoms with Crippen molar-refractivity contribution in [3.05, 3.63) is 93.7 Å². The summed E-state index contributed by atoms with van der Waals surface area (Å²) in [7, 11) is 0. The van der Waals surface area contributed by atoms with Crippen LogP contribution in [-0.2, 0) is 38.8 Å². The fraction of sp³-hybridized carbons (Fsp3) is 0.400. The molecule has 1 saturated heterocycles. The molecule has 202 valence electrons. The molecule has 0 N–H and O–H groups in total. The van der Waals surface area contributed by atoms with E-state index in [1.165, 1.54) is 4.88 Å². The molecule has 7 nitrogen and oxygen atoms in total. The summed E-state index contributed by atoms with van der Waals surface area (Å²) in [6.07, 6.45) is 0. The molecule has 2 amide bonds. The van der Waals surface area contributed by atoms with Crippen molar-refractivity contribution in [3.8, 4) is 0 Å². The minimum Gasteiger partial charge on any atom is -0.379 e. The fourth-order valence-corrected chi connectivity index (χ4v) is 5.26. The summed E-state index contributed by atoms with van der Waals surface area (Å²) in [6, 6.07) is 23.9. The smallest absolute Gasteiger partial charge is 0.249 e. The van der Waals surface area contributed by atoms with Crippen LogP contribution < -0.4 is 0 Å². The molecule has 2 aromatic carbocycles. The summed E-state index contributed by atoms with van der Waals surface area (Å²) in [5, 5.41) is 0. The summed E-state index contributed by atoms with van der Waals surface area (Å²) < 4.78 is 11.2. The second-order valence-electron chi connectivity index (χ2n) is 9.50. The van der Waals surface area contributed by atoms with Gasteiger partial charge in [-0.05, 0) is 30.2 Å². The third-order valence-corrected chi connectivity index (χ3v) is 7.50. The average molecular weight is 536 g/mol. The third kappa shape index (κ3) is 9.06. The molecule has 3 aromatic rings. The lowest BCUT2D eigenvalue weighted by atomic mass is 10.2. The Bertz CT molecular complexity index is 1130. The molecule has 1 fully saturated rings. The first kappa shape index (κ1) is 28.0. The maximum absolute atomic E-state index is 13.7. The van der Waals surface area contributed by atoms with Crippen LogP contribution in [0.5, 0.6) is 0 Å². The van der Waals surface area contributed by atoms with Crippen molar-refractivity contribution < 1.29 is 19.1 Å². The van der Waals surface area contributed by atoms with Gasteiger partial charge >= 0.3 is 0 Å². The minimum atomic E-state index is -0.172. The van der Waals surface area contributed by atoms with E-state index >= 15 is 0 Å². The number of carbonyl (C=O) groups excluding carboxylic acids is 2. The van der Waals surface area contributed by atoms with E-state index < -0.39 is 0 Å². The summed E-state index contributed by atoms with van der Waals surface area (Å²) in [4.78, 5) is 35.1. The first-order valence-electron chi connectivity index (χ1n) is 13.1. The van der Waals surface area contributed by atoms with Crippen LogP contribution in [-0.4, -0.2) is 79.1 Å². The number of nitrogens with zero attached hydrogens (tertiary/aromatic N) is 3. The van der Waals surface area contributed by atoms with Crippen LogP contribution >= 0.6 is 11.3 Å². The maximum atomic E-state index is 13.7. The van der Waals surface area contributed by atoms with E-state index in [0.29, 0.717) is 46.0 Å². The summed E-state index contributed by atoms with van der Waals surface area (Å²) in [6.45, 7) is 7.61. The topological polar surface area (TPSA) is 62.3 Å². The Morgan fingerprint density at radius 2 is 1.55 bits per heavy atom. The average Bonchev–Trinajstić information content (AvgIpc) is 3.36. The van der Waals surface area contributed by atoms with Gasteiger partial charge < -0.3 is 19.3 Å². The third-order valence-electron chi connectivity index (χ3n) is 6.52. The second kappa shape index (κ2) is 14.8. The van der Waals surface area contributed by atoms with Gasteiger partial charge in [-0.3, -0.25) is 14.5 Å². The molecule has 2 heterocycles. The SMILES string of the molecule is Cc1ccc(CN(Cc2ccccc2)C(=O)CN(CCN2CCOCC2)C(=O)COCc2ccccc2)s1. The van der Waals surface area contributed by atoms with Crippen molar-refractivity contribution in [2.75, 3.05) is 52.5 Å². The lowest BCUT2D eigenvalue weighted by Gasteiger charge is -2.31. The number of amides is 2. The lowest BCUT2D eigenvalue weighted by Crippen LogP contribution is -2.47. The number of hydrogen-bond donors (Lipinski definition) is 0. The standard InChI is InChI=1S/C30H37N3O4S/c1-25-12-13-28(38-25)21-33(20-26-8-4-2-5-9-26)29(34)22-32(15-14-31-16-18-36-19-17-31)30(35)24-37-23-27-10-6-3-7-11-27/h2-13H,14-24H2,1H3. The van der Waals surface area contributed by atoms with Gasteiger partial charge in [0.05, 0.1) is 32.9 Å². The van der Waals surface area contributed by atoms with Crippen LogP contribution in [0.25, 0.3) is 0 Å². The van der Waals surface area contributed by atoms with Crippen molar-refractivity contribution >= 4 is 23.2 Å². The van der Waals surface area contributed by atoms with Crippen LogP contribution in [0, 0.1) is 6.92 Å². The van der Waals surface area contributed by atoms with Gasteiger partial charge in [-0.25, -0.2) is 0 Å². The Morgan fingerprint density at radius 1 is 0.868 bits per heavy atom. The monoisotopic (exact) mass is 535 g/mol. The molecule has 8 heteroatoms. The summed E-state index contributed by atoms with van der Waals surface area (Å²) in [5.74, 6) is -0.243. The van der Waals surface area contributed by atoms with Gasteiger partial charge in [0.1, 0.15) is 6.61 Å². The zero-order chi connectivity index (χ0) is 26.6. The van der Waals surface area contributed by atoms with E-state index in [-0.39, 0.29) is 25.0 Å². The van der Waals surface area contributed by atoms with Crippen LogP contribution in [0.15, 0.2) is 72.8 Å². The first-order chi connectivity index (χ1) is 18.6. The first-order valence-corrected chi connectivity index (χ1v) is 13.9. The molecule has 1 aliphatic rings. The number of carbonyl (C=O) groups is 2. The van der Waals surface area contributed by atoms with E-state index in [2.05, 4.69) is 24.0 Å². The Balaban J connectivity index is 1.42. The van der Waals surface area contributed by atoms with Gasteiger partial charge in [0.15, 0.2) is 0 Å². The number of aryl methyl sites for hydroxylation is 1. The van der Waals surface area contributed by atoms with Crippen molar-refractivity contribution in [1.29, 1.82) is 0 Å². The number of hydrogen-bond acceptors (Lipinski definition) is 6. The molecule has 0 bridgehead atoms. The molecule has 0 radical (unpaired) electrons. The van der Waals surface area contributed by atoms with Gasteiger partial charge in [0.2, 0.25) is 11.8 Å². The number of benzene rings is 2. The highest BCUT2D eigenvalue weighted by molar-refractivity contribution is 7.11. The largest absolute Gasteiger partial charge is 0.379 e. The van der Waals surface area contributed by atoms with Crippen LogP contribution in [0.4, 0.5) is 0 Å². The molecule has 1 aliphatic heterocycles. The maximum Gasteiger partial charge on any atom is 0.249 e. The van der Waals surface area contributed by atoms with Crippen molar-refractivity contribution in [2.24, 2.45) is 0 Å². The van der Waals surface area contributed by atoms with E-state index in [9.17, 15) is 9.59 Å². The molecule has 0 spiro atoms. The second-order valence-corrected chi connectivity index (χ2v) is 10.9. The zero-order valence-corrected chi connectivity index (χ0v) is 22.9. The van der Waals surface area contributed by atoms with Crippen LogP contribution in [0.2, 0.25) is 0 Å². The molecular weight excluding hydrogens is 498 g/mol. The van der Waals surface area contributed by atoms with E-state index in [1.807, 2.05) is 65.6 Å². The molecular formula is C30H37N3O4S. The number of ether oxygens (including phenoxy) is 2. The van der Waals surface area contributed by atoms with E-state index in [4.69, 9.17) is 9.47 Å². The number of rotatable bonds is 13. The van der Waals surface area contributed by atoms with E-state index in [0.717, 1.165) is 29.1 Å². The predicted octanol–water partition coefficient (Wildman–Crippen LogP) is 3.96. The molecule has 0 atom stereocenters. The van der Waals surface area contributed by atoms with Crippen LogP contribution in [0.3, 0.4) is 0 Å². The van der Waals surface area contributed by atoms with Gasteiger partial charge in [-0.15, -0.1) is 11.3 Å². The van der Waals surface area contributed by atoms with Gasteiger partial charge in [0, 0.05) is 42.5 Å². The quantitative estimate of drug-likeness (QED) is 0.332. The number of morpholine rings is 1. The Morgan fingerprint density at radius 3 is 2.21 bits per heavy atom. The van der Waals surface area contributed by atoms with Crippen LogP contribution in [0.1, 0.15) is 20.9 Å². The molecule has 0 saturated carbocycles. The molecule has 38 heavy (non-hydrogen) atoms. The Hall–Kier alpha value is -3.04. The molecule has 0 unspecified atom stereocenters. The minimum absolute atomic E-state index is 0.0229. The van der Waals surface area contributed by atoms with Gasteiger partial charge in [0.25, 0.3) is 0 Å². The molecule has 4 rings (SSSR count). The normalized spacial score (nSPS) is 13.8.